The van der Waals surface area contributed by atoms with E-state index in [9.17, 15) is 4.79 Å². The zero-order valence-electron chi connectivity index (χ0n) is 16.5. The monoisotopic (exact) mass is 367 g/mol. The molecule has 3 atom stereocenters. The molecule has 1 aliphatic carbocycles. The second-order valence-corrected chi connectivity index (χ2v) is 8.42. The first-order valence-electron chi connectivity index (χ1n) is 10.0. The van der Waals surface area contributed by atoms with Gasteiger partial charge in [-0.05, 0) is 59.2 Å². The van der Waals surface area contributed by atoms with E-state index < -0.39 is 0 Å². The standard InChI is InChI=1S/C23H29NO3/c1-15-8-22(9-16(15)2)27-21-7-6-18-10-17(4-5-19(18)11-21)12-24-13-20(14-24)23(25)26-3/h4-7,10-11,15-16,20,22H,8-9,12-14H2,1-3H3/t15-,16+,22-. The van der Waals surface area contributed by atoms with E-state index in [2.05, 4.69) is 55.1 Å². The molecule has 1 saturated carbocycles. The fraction of sp³-hybridized carbons (Fsp3) is 0.522. The first kappa shape index (κ1) is 18.3. The number of benzene rings is 2. The Labute approximate surface area is 161 Å². The Morgan fingerprint density at radius 3 is 2.41 bits per heavy atom. The molecule has 0 unspecified atom stereocenters. The fourth-order valence-electron chi connectivity index (χ4n) is 4.40. The first-order chi connectivity index (χ1) is 13.0. The number of methoxy groups -OCH3 is 1. The van der Waals surface area contributed by atoms with E-state index in [-0.39, 0.29) is 11.9 Å². The van der Waals surface area contributed by atoms with Crippen LogP contribution in [-0.2, 0) is 16.1 Å². The quantitative estimate of drug-likeness (QED) is 0.740. The maximum Gasteiger partial charge on any atom is 0.311 e. The lowest BCUT2D eigenvalue weighted by molar-refractivity contribution is -0.151. The topological polar surface area (TPSA) is 38.8 Å². The number of carbonyl (C=O) groups is 1. The number of carbonyl (C=O) groups excluding carboxylic acids is 1. The molecule has 4 nitrogen and oxygen atoms in total. The predicted octanol–water partition coefficient (Wildman–Crippen LogP) is 4.26. The normalized spacial score (nSPS) is 26.1. The van der Waals surface area contributed by atoms with Crippen molar-refractivity contribution in [3.63, 3.8) is 0 Å². The molecule has 2 aromatic rings. The lowest BCUT2D eigenvalue weighted by atomic mass is 9.99. The Bertz CT molecular complexity index is 817. The minimum Gasteiger partial charge on any atom is -0.490 e. The van der Waals surface area contributed by atoms with Crippen molar-refractivity contribution in [2.45, 2.75) is 39.3 Å². The average molecular weight is 367 g/mol. The van der Waals surface area contributed by atoms with Gasteiger partial charge in [-0.15, -0.1) is 0 Å². The SMILES string of the molecule is COC(=O)C1CN(Cc2ccc3cc(O[C@@H]4C[C@@H](C)[C@@H](C)C4)ccc3c2)C1. The summed E-state index contributed by atoms with van der Waals surface area (Å²) in [6, 6.07) is 13.0. The van der Waals surface area contributed by atoms with Gasteiger partial charge in [0.05, 0.1) is 19.1 Å². The van der Waals surface area contributed by atoms with Gasteiger partial charge >= 0.3 is 5.97 Å². The first-order valence-corrected chi connectivity index (χ1v) is 10.0. The third-order valence-electron chi connectivity index (χ3n) is 6.32. The Hall–Kier alpha value is -2.07. The van der Waals surface area contributed by atoms with Crippen LogP contribution in [0.5, 0.6) is 5.75 Å². The van der Waals surface area contributed by atoms with E-state index in [0.29, 0.717) is 6.10 Å². The van der Waals surface area contributed by atoms with Gasteiger partial charge in [0.1, 0.15) is 5.75 Å². The summed E-state index contributed by atoms with van der Waals surface area (Å²) in [5.41, 5.74) is 1.28. The fourth-order valence-corrected chi connectivity index (χ4v) is 4.40. The molecule has 2 aliphatic rings. The van der Waals surface area contributed by atoms with Crippen molar-refractivity contribution < 1.29 is 14.3 Å². The van der Waals surface area contributed by atoms with Crippen molar-refractivity contribution in [1.82, 2.24) is 4.90 Å². The van der Waals surface area contributed by atoms with Gasteiger partial charge in [0.2, 0.25) is 0 Å². The molecule has 4 rings (SSSR count). The van der Waals surface area contributed by atoms with E-state index in [1.807, 2.05) is 0 Å². The van der Waals surface area contributed by atoms with Crippen molar-refractivity contribution in [3.05, 3.63) is 42.0 Å². The van der Waals surface area contributed by atoms with Crippen molar-refractivity contribution in [1.29, 1.82) is 0 Å². The van der Waals surface area contributed by atoms with Gasteiger partial charge in [-0.2, -0.15) is 0 Å². The molecule has 1 aliphatic heterocycles. The van der Waals surface area contributed by atoms with Gasteiger partial charge in [-0.25, -0.2) is 0 Å². The Kier molecular flexibility index (Phi) is 5.09. The molecule has 0 aromatic heterocycles. The van der Waals surface area contributed by atoms with Crippen LogP contribution in [-0.4, -0.2) is 37.2 Å². The maximum absolute atomic E-state index is 11.5. The summed E-state index contributed by atoms with van der Waals surface area (Å²) in [4.78, 5) is 13.8. The minimum absolute atomic E-state index is 0.0381. The zero-order valence-corrected chi connectivity index (χ0v) is 16.5. The number of likely N-dealkylation sites (tertiary alicyclic amines) is 1. The second-order valence-electron chi connectivity index (χ2n) is 8.42. The second kappa shape index (κ2) is 7.51. The summed E-state index contributed by atoms with van der Waals surface area (Å²) in [6.07, 6.45) is 2.65. The van der Waals surface area contributed by atoms with Crippen LogP contribution in [0.15, 0.2) is 36.4 Å². The van der Waals surface area contributed by atoms with Gasteiger partial charge in [-0.1, -0.05) is 32.0 Å². The molecule has 4 heteroatoms. The van der Waals surface area contributed by atoms with E-state index >= 15 is 0 Å². The number of rotatable bonds is 5. The van der Waals surface area contributed by atoms with Crippen LogP contribution in [0.25, 0.3) is 10.8 Å². The highest BCUT2D eigenvalue weighted by Crippen LogP contribution is 2.34. The molecule has 2 fully saturated rings. The molecule has 2 aromatic carbocycles. The van der Waals surface area contributed by atoms with Crippen LogP contribution in [0.1, 0.15) is 32.3 Å². The average Bonchev–Trinajstić information content (AvgIpc) is 2.94. The molecular weight excluding hydrogens is 338 g/mol. The molecule has 0 N–H and O–H groups in total. The van der Waals surface area contributed by atoms with Crippen LogP contribution in [0, 0.1) is 17.8 Å². The van der Waals surface area contributed by atoms with Gasteiger partial charge in [-0.3, -0.25) is 9.69 Å². The van der Waals surface area contributed by atoms with E-state index in [1.165, 1.54) is 23.4 Å². The van der Waals surface area contributed by atoms with Crippen molar-refractivity contribution in [3.8, 4) is 5.75 Å². The predicted molar refractivity (Wildman–Crippen MR) is 107 cm³/mol. The summed E-state index contributed by atoms with van der Waals surface area (Å²) in [7, 11) is 1.46. The zero-order chi connectivity index (χ0) is 19.0. The van der Waals surface area contributed by atoms with Crippen molar-refractivity contribution in [2.24, 2.45) is 17.8 Å². The van der Waals surface area contributed by atoms with Crippen LogP contribution in [0.2, 0.25) is 0 Å². The highest BCUT2D eigenvalue weighted by Gasteiger charge is 2.33. The number of ether oxygens (including phenoxy) is 2. The third-order valence-corrected chi connectivity index (χ3v) is 6.32. The number of esters is 1. The highest BCUT2D eigenvalue weighted by atomic mass is 16.5. The van der Waals surface area contributed by atoms with E-state index in [0.717, 1.165) is 50.1 Å². The molecule has 144 valence electrons. The number of hydrogen-bond donors (Lipinski definition) is 0. The molecule has 1 heterocycles. The Morgan fingerprint density at radius 1 is 1.04 bits per heavy atom. The summed E-state index contributed by atoms with van der Waals surface area (Å²) in [6.45, 7) is 7.09. The van der Waals surface area contributed by atoms with Gasteiger partial charge < -0.3 is 9.47 Å². The Morgan fingerprint density at radius 2 is 1.70 bits per heavy atom. The van der Waals surface area contributed by atoms with Gasteiger partial charge in [0.25, 0.3) is 0 Å². The summed E-state index contributed by atoms with van der Waals surface area (Å²) >= 11 is 0. The molecule has 27 heavy (non-hydrogen) atoms. The highest BCUT2D eigenvalue weighted by molar-refractivity contribution is 5.84. The lowest BCUT2D eigenvalue weighted by Gasteiger charge is -2.37. The van der Waals surface area contributed by atoms with Crippen LogP contribution >= 0.6 is 0 Å². The summed E-state index contributed by atoms with van der Waals surface area (Å²) in [5, 5.41) is 2.45. The lowest BCUT2D eigenvalue weighted by Crippen LogP contribution is -2.49. The summed E-state index contributed by atoms with van der Waals surface area (Å²) < 4.78 is 11.0. The van der Waals surface area contributed by atoms with E-state index in [1.54, 1.807) is 0 Å². The van der Waals surface area contributed by atoms with Crippen molar-refractivity contribution in [2.75, 3.05) is 20.2 Å². The summed E-state index contributed by atoms with van der Waals surface area (Å²) in [5.74, 6) is 2.42. The molecule has 0 bridgehead atoms. The minimum atomic E-state index is -0.0941. The van der Waals surface area contributed by atoms with Gasteiger partial charge in [0, 0.05) is 19.6 Å². The number of fused-ring (bicyclic) bond motifs is 1. The third kappa shape index (κ3) is 3.96. The van der Waals surface area contributed by atoms with Crippen LogP contribution in [0.3, 0.4) is 0 Å². The molecule has 0 radical (unpaired) electrons. The Balaban J connectivity index is 1.38. The number of nitrogens with zero attached hydrogens (tertiary/aromatic N) is 1. The smallest absolute Gasteiger partial charge is 0.311 e. The molecule has 1 saturated heterocycles. The molecular formula is C23H29NO3. The number of hydrogen-bond acceptors (Lipinski definition) is 4. The van der Waals surface area contributed by atoms with Gasteiger partial charge in [0.15, 0.2) is 0 Å². The molecule has 0 amide bonds. The van der Waals surface area contributed by atoms with Crippen molar-refractivity contribution >= 4 is 16.7 Å². The van der Waals surface area contributed by atoms with Crippen LogP contribution < -0.4 is 4.74 Å². The van der Waals surface area contributed by atoms with Crippen LogP contribution in [0.4, 0.5) is 0 Å². The maximum atomic E-state index is 11.5. The molecule has 0 spiro atoms. The largest absolute Gasteiger partial charge is 0.490 e. The van der Waals surface area contributed by atoms with E-state index in [4.69, 9.17) is 9.47 Å².